The maximum Gasteiger partial charge on any atom is 0.251 e. The zero-order valence-electron chi connectivity index (χ0n) is 10.5. The van der Waals surface area contributed by atoms with Crippen LogP contribution in [-0.2, 0) is 0 Å². The number of rotatable bonds is 2. The normalized spacial score (nSPS) is 28.9. The van der Waals surface area contributed by atoms with Crippen LogP contribution >= 0.6 is 0 Å². The van der Waals surface area contributed by atoms with Crippen molar-refractivity contribution in [3.63, 3.8) is 0 Å². The van der Waals surface area contributed by atoms with E-state index < -0.39 is 0 Å². The van der Waals surface area contributed by atoms with Gasteiger partial charge in [0.05, 0.1) is 0 Å². The Morgan fingerprint density at radius 3 is 3.16 bits per heavy atom. The van der Waals surface area contributed by atoms with E-state index in [2.05, 4.69) is 15.6 Å². The van der Waals surface area contributed by atoms with Crippen LogP contribution in [-0.4, -0.2) is 33.4 Å². The van der Waals surface area contributed by atoms with Gasteiger partial charge in [-0.3, -0.25) is 4.79 Å². The van der Waals surface area contributed by atoms with E-state index in [4.69, 9.17) is 0 Å². The molecule has 1 amide bonds. The van der Waals surface area contributed by atoms with Gasteiger partial charge in [0.25, 0.3) is 5.91 Å². The van der Waals surface area contributed by atoms with Crippen LogP contribution in [0.2, 0.25) is 0 Å². The molecule has 0 saturated carbocycles. The SMILES string of the molecule is O=C(NC1CC2CCC1N2)c1ccn2ccnc2c1. The number of imidazole rings is 1. The van der Waals surface area contributed by atoms with Crippen LogP contribution in [0.3, 0.4) is 0 Å². The zero-order valence-corrected chi connectivity index (χ0v) is 10.5. The molecule has 0 radical (unpaired) electrons. The summed E-state index contributed by atoms with van der Waals surface area (Å²) < 4.78 is 1.90. The minimum Gasteiger partial charge on any atom is -0.348 e. The first-order valence-electron chi connectivity index (χ1n) is 6.79. The first kappa shape index (κ1) is 11.0. The van der Waals surface area contributed by atoms with Crippen LogP contribution in [0.1, 0.15) is 29.6 Å². The van der Waals surface area contributed by atoms with Gasteiger partial charge in [-0.05, 0) is 31.4 Å². The molecule has 98 valence electrons. The molecule has 2 aliphatic rings. The fourth-order valence-corrected chi connectivity index (χ4v) is 3.29. The molecule has 19 heavy (non-hydrogen) atoms. The van der Waals surface area contributed by atoms with Crippen LogP contribution in [0.5, 0.6) is 0 Å². The number of nitrogens with one attached hydrogen (secondary N) is 2. The fourth-order valence-electron chi connectivity index (χ4n) is 3.29. The van der Waals surface area contributed by atoms with Gasteiger partial charge in [0.15, 0.2) is 0 Å². The summed E-state index contributed by atoms with van der Waals surface area (Å²) >= 11 is 0. The highest BCUT2D eigenvalue weighted by Gasteiger charge is 2.39. The molecular formula is C14H16N4O. The monoisotopic (exact) mass is 256 g/mol. The molecule has 2 aliphatic heterocycles. The van der Waals surface area contributed by atoms with Gasteiger partial charge in [0.1, 0.15) is 5.65 Å². The van der Waals surface area contributed by atoms with E-state index >= 15 is 0 Å². The van der Waals surface area contributed by atoms with Crippen molar-refractivity contribution >= 4 is 11.6 Å². The van der Waals surface area contributed by atoms with Crippen LogP contribution in [0.25, 0.3) is 5.65 Å². The highest BCUT2D eigenvalue weighted by atomic mass is 16.1. The molecule has 2 aromatic heterocycles. The molecule has 3 atom stereocenters. The van der Waals surface area contributed by atoms with Gasteiger partial charge >= 0.3 is 0 Å². The Morgan fingerprint density at radius 2 is 2.37 bits per heavy atom. The second-order valence-electron chi connectivity index (χ2n) is 5.47. The zero-order chi connectivity index (χ0) is 12.8. The average Bonchev–Trinajstić information content (AvgIpc) is 3.13. The lowest BCUT2D eigenvalue weighted by Crippen LogP contribution is -2.42. The highest BCUT2D eigenvalue weighted by Crippen LogP contribution is 2.28. The van der Waals surface area contributed by atoms with Crippen molar-refractivity contribution < 1.29 is 4.79 Å². The molecule has 5 nitrogen and oxygen atoms in total. The van der Waals surface area contributed by atoms with Gasteiger partial charge in [-0.25, -0.2) is 4.98 Å². The topological polar surface area (TPSA) is 58.4 Å². The van der Waals surface area contributed by atoms with Gasteiger partial charge in [0, 0.05) is 42.3 Å². The van der Waals surface area contributed by atoms with Crippen molar-refractivity contribution in [2.75, 3.05) is 0 Å². The summed E-state index contributed by atoms with van der Waals surface area (Å²) in [6.07, 6.45) is 8.96. The Morgan fingerprint density at radius 1 is 1.42 bits per heavy atom. The van der Waals surface area contributed by atoms with E-state index in [1.54, 1.807) is 6.20 Å². The minimum atomic E-state index is 0.00449. The number of nitrogens with zero attached hydrogens (tertiary/aromatic N) is 2. The molecule has 2 fully saturated rings. The molecule has 2 bridgehead atoms. The van der Waals surface area contributed by atoms with E-state index in [9.17, 15) is 4.79 Å². The molecule has 0 aromatic carbocycles. The Bertz CT molecular complexity index is 635. The van der Waals surface area contributed by atoms with Crippen molar-refractivity contribution in [3.05, 3.63) is 36.3 Å². The summed E-state index contributed by atoms with van der Waals surface area (Å²) in [5.74, 6) is 0.00449. The van der Waals surface area contributed by atoms with Crippen molar-refractivity contribution in [2.45, 2.75) is 37.4 Å². The first-order chi connectivity index (χ1) is 9.29. The predicted octanol–water partition coefficient (Wildman–Crippen LogP) is 0.957. The van der Waals surface area contributed by atoms with E-state index in [1.807, 2.05) is 28.9 Å². The van der Waals surface area contributed by atoms with Gasteiger partial charge < -0.3 is 15.0 Å². The van der Waals surface area contributed by atoms with Gasteiger partial charge in [-0.1, -0.05) is 0 Å². The van der Waals surface area contributed by atoms with Crippen LogP contribution in [0.15, 0.2) is 30.7 Å². The average molecular weight is 256 g/mol. The van der Waals surface area contributed by atoms with Gasteiger partial charge in [-0.15, -0.1) is 0 Å². The number of fused-ring (bicyclic) bond motifs is 3. The standard InChI is InChI=1S/C14H16N4O/c19-14(17-12-8-10-1-2-11(12)16-10)9-3-5-18-6-4-15-13(18)7-9/h3-7,10-12,16H,1-2,8H2,(H,17,19). The molecule has 5 heteroatoms. The van der Waals surface area contributed by atoms with Crippen molar-refractivity contribution in [3.8, 4) is 0 Å². The lowest BCUT2D eigenvalue weighted by Gasteiger charge is -2.21. The summed E-state index contributed by atoms with van der Waals surface area (Å²) in [5, 5.41) is 6.67. The first-order valence-corrected chi connectivity index (χ1v) is 6.79. The smallest absolute Gasteiger partial charge is 0.251 e. The second kappa shape index (κ2) is 4.06. The van der Waals surface area contributed by atoms with Gasteiger partial charge in [0.2, 0.25) is 0 Å². The Labute approximate surface area is 111 Å². The molecule has 4 heterocycles. The third kappa shape index (κ3) is 1.81. The Balaban J connectivity index is 1.53. The molecule has 0 aliphatic carbocycles. The number of aromatic nitrogens is 2. The molecule has 2 saturated heterocycles. The number of hydrogen-bond acceptors (Lipinski definition) is 3. The Kier molecular flexibility index (Phi) is 2.35. The maximum absolute atomic E-state index is 12.3. The molecule has 2 aromatic rings. The van der Waals surface area contributed by atoms with Crippen molar-refractivity contribution in [2.24, 2.45) is 0 Å². The third-order valence-electron chi connectivity index (χ3n) is 4.28. The van der Waals surface area contributed by atoms with Crippen LogP contribution < -0.4 is 10.6 Å². The van der Waals surface area contributed by atoms with Gasteiger partial charge in [-0.2, -0.15) is 0 Å². The third-order valence-corrected chi connectivity index (χ3v) is 4.28. The largest absolute Gasteiger partial charge is 0.348 e. The molecule has 2 N–H and O–H groups in total. The van der Waals surface area contributed by atoms with Crippen LogP contribution in [0.4, 0.5) is 0 Å². The quantitative estimate of drug-likeness (QED) is 0.841. The molecule has 4 rings (SSSR count). The predicted molar refractivity (Wildman–Crippen MR) is 71.0 cm³/mol. The van der Waals surface area contributed by atoms with E-state index in [0.717, 1.165) is 12.1 Å². The number of hydrogen-bond donors (Lipinski definition) is 2. The lowest BCUT2D eigenvalue weighted by molar-refractivity contribution is 0.0931. The summed E-state index contributed by atoms with van der Waals surface area (Å²) in [6, 6.07) is 5.01. The summed E-state index contributed by atoms with van der Waals surface area (Å²) in [7, 11) is 0. The number of carbonyl (C=O) groups excluding carboxylic acids is 1. The number of pyridine rings is 1. The van der Waals surface area contributed by atoms with Crippen molar-refractivity contribution in [1.29, 1.82) is 0 Å². The summed E-state index contributed by atoms with van der Waals surface area (Å²) in [4.78, 5) is 16.5. The minimum absolute atomic E-state index is 0.00449. The molecule has 3 unspecified atom stereocenters. The Hall–Kier alpha value is -1.88. The second-order valence-corrected chi connectivity index (χ2v) is 5.47. The summed E-state index contributed by atoms with van der Waals surface area (Å²) in [6.45, 7) is 0. The van der Waals surface area contributed by atoms with Crippen LogP contribution in [0, 0.1) is 0 Å². The van der Waals surface area contributed by atoms with Crippen molar-refractivity contribution in [1.82, 2.24) is 20.0 Å². The maximum atomic E-state index is 12.3. The lowest BCUT2D eigenvalue weighted by atomic mass is 9.95. The summed E-state index contributed by atoms with van der Waals surface area (Å²) in [5.41, 5.74) is 1.49. The van der Waals surface area contributed by atoms with E-state index in [-0.39, 0.29) is 11.9 Å². The number of carbonyl (C=O) groups is 1. The van der Waals surface area contributed by atoms with E-state index in [0.29, 0.717) is 17.6 Å². The molecular weight excluding hydrogens is 240 g/mol. The highest BCUT2D eigenvalue weighted by molar-refractivity contribution is 5.95. The number of amides is 1. The molecule has 0 spiro atoms. The fraction of sp³-hybridized carbons (Fsp3) is 0.429. The van der Waals surface area contributed by atoms with E-state index in [1.165, 1.54) is 12.8 Å².